The van der Waals surface area contributed by atoms with Crippen molar-refractivity contribution in [3.05, 3.63) is 57.4 Å². The van der Waals surface area contributed by atoms with Crippen molar-refractivity contribution in [1.29, 1.82) is 0 Å². The van der Waals surface area contributed by atoms with Crippen molar-refractivity contribution in [3.8, 4) is 0 Å². The maximum Gasteiger partial charge on any atom is 0.274 e. The van der Waals surface area contributed by atoms with E-state index in [-0.39, 0.29) is 10.6 Å². The van der Waals surface area contributed by atoms with Crippen LogP contribution < -0.4 is 5.43 Å². The SMILES string of the molecule is Cc1ccc(Nn2c(C)ccc2C)cc1[N+](=O)[O-]. The summed E-state index contributed by atoms with van der Waals surface area (Å²) in [5.41, 5.74) is 6.75. The summed E-state index contributed by atoms with van der Waals surface area (Å²) in [6, 6.07) is 9.11. The number of rotatable bonds is 3. The molecular weight excluding hydrogens is 230 g/mol. The molecule has 0 saturated carbocycles. The van der Waals surface area contributed by atoms with Gasteiger partial charge in [0.2, 0.25) is 0 Å². The lowest BCUT2D eigenvalue weighted by molar-refractivity contribution is -0.385. The number of nitro groups is 1. The van der Waals surface area contributed by atoms with E-state index in [0.29, 0.717) is 11.3 Å². The molecule has 0 saturated heterocycles. The normalized spacial score (nSPS) is 10.4. The molecule has 18 heavy (non-hydrogen) atoms. The van der Waals surface area contributed by atoms with E-state index in [1.54, 1.807) is 19.1 Å². The smallest absolute Gasteiger partial charge is 0.274 e. The molecule has 0 spiro atoms. The molecule has 94 valence electrons. The summed E-state index contributed by atoms with van der Waals surface area (Å²) in [6.45, 7) is 5.68. The Balaban J connectivity index is 2.36. The molecule has 0 radical (unpaired) electrons. The zero-order valence-corrected chi connectivity index (χ0v) is 10.6. The summed E-state index contributed by atoms with van der Waals surface area (Å²) in [7, 11) is 0. The summed E-state index contributed by atoms with van der Waals surface area (Å²) in [5.74, 6) is 0. The molecule has 2 rings (SSSR count). The highest BCUT2D eigenvalue weighted by Gasteiger charge is 2.11. The van der Waals surface area contributed by atoms with Gasteiger partial charge < -0.3 is 0 Å². The summed E-state index contributed by atoms with van der Waals surface area (Å²) in [5, 5.41) is 10.9. The van der Waals surface area contributed by atoms with Gasteiger partial charge in [0.1, 0.15) is 0 Å². The summed E-state index contributed by atoms with van der Waals surface area (Å²) < 4.78 is 1.90. The molecule has 1 heterocycles. The Morgan fingerprint density at radius 1 is 1.11 bits per heavy atom. The van der Waals surface area contributed by atoms with Crippen molar-refractivity contribution in [2.24, 2.45) is 0 Å². The van der Waals surface area contributed by atoms with Gasteiger partial charge in [-0.25, -0.2) is 0 Å². The molecule has 0 unspecified atom stereocenters. The van der Waals surface area contributed by atoms with Crippen LogP contribution in [0.5, 0.6) is 0 Å². The standard InChI is InChI=1S/C13H15N3O2/c1-9-4-7-12(8-13(9)16(17)18)14-15-10(2)5-6-11(15)3/h4-8,14H,1-3H3. The van der Waals surface area contributed by atoms with Crippen LogP contribution in [-0.4, -0.2) is 9.60 Å². The number of nitrogens with zero attached hydrogens (tertiary/aromatic N) is 2. The van der Waals surface area contributed by atoms with E-state index in [1.165, 1.54) is 0 Å². The van der Waals surface area contributed by atoms with Gasteiger partial charge in [-0.05, 0) is 39.0 Å². The molecule has 0 aliphatic rings. The maximum absolute atomic E-state index is 10.9. The summed E-state index contributed by atoms with van der Waals surface area (Å²) >= 11 is 0. The second-order valence-corrected chi connectivity index (χ2v) is 4.32. The van der Waals surface area contributed by atoms with Crippen molar-refractivity contribution >= 4 is 11.4 Å². The largest absolute Gasteiger partial charge is 0.294 e. The Morgan fingerprint density at radius 3 is 2.28 bits per heavy atom. The van der Waals surface area contributed by atoms with Gasteiger partial charge in [0.15, 0.2) is 0 Å². The third-order valence-corrected chi connectivity index (χ3v) is 2.92. The van der Waals surface area contributed by atoms with Gasteiger partial charge in [-0.3, -0.25) is 20.2 Å². The monoisotopic (exact) mass is 245 g/mol. The van der Waals surface area contributed by atoms with Gasteiger partial charge in [0.05, 0.1) is 10.6 Å². The second kappa shape index (κ2) is 4.52. The second-order valence-electron chi connectivity index (χ2n) is 4.32. The van der Waals surface area contributed by atoms with Crippen LogP contribution in [0.15, 0.2) is 30.3 Å². The Kier molecular flexibility index (Phi) is 3.06. The van der Waals surface area contributed by atoms with Gasteiger partial charge in [-0.2, -0.15) is 0 Å². The highest BCUT2D eigenvalue weighted by Crippen LogP contribution is 2.23. The zero-order chi connectivity index (χ0) is 13.3. The molecule has 0 fully saturated rings. The van der Waals surface area contributed by atoms with E-state index in [4.69, 9.17) is 0 Å². The molecular formula is C13H15N3O2. The van der Waals surface area contributed by atoms with Crippen molar-refractivity contribution in [2.75, 3.05) is 5.43 Å². The van der Waals surface area contributed by atoms with Crippen LogP contribution in [0.1, 0.15) is 17.0 Å². The predicted octanol–water partition coefficient (Wildman–Crippen LogP) is 3.20. The Hall–Kier alpha value is -2.30. The Morgan fingerprint density at radius 2 is 1.72 bits per heavy atom. The topological polar surface area (TPSA) is 60.1 Å². The number of anilines is 1. The fraction of sp³-hybridized carbons (Fsp3) is 0.231. The zero-order valence-electron chi connectivity index (χ0n) is 10.6. The molecule has 1 aromatic heterocycles. The van der Waals surface area contributed by atoms with Gasteiger partial charge >= 0.3 is 0 Å². The van der Waals surface area contributed by atoms with Crippen LogP contribution in [-0.2, 0) is 0 Å². The Labute approximate surface area is 105 Å². The third kappa shape index (κ3) is 2.20. The number of benzene rings is 1. The van der Waals surface area contributed by atoms with E-state index < -0.39 is 0 Å². The van der Waals surface area contributed by atoms with Crippen molar-refractivity contribution in [3.63, 3.8) is 0 Å². The van der Waals surface area contributed by atoms with E-state index in [0.717, 1.165) is 11.4 Å². The Bertz CT molecular complexity index is 583. The fourth-order valence-corrected chi connectivity index (χ4v) is 1.85. The highest BCUT2D eigenvalue weighted by atomic mass is 16.6. The van der Waals surface area contributed by atoms with Crippen molar-refractivity contribution in [2.45, 2.75) is 20.8 Å². The van der Waals surface area contributed by atoms with Crippen LogP contribution >= 0.6 is 0 Å². The molecule has 1 aromatic carbocycles. The number of nitro benzene ring substituents is 1. The lowest BCUT2D eigenvalue weighted by Crippen LogP contribution is -2.12. The van der Waals surface area contributed by atoms with E-state index >= 15 is 0 Å². The number of hydrogen-bond acceptors (Lipinski definition) is 3. The minimum absolute atomic E-state index is 0.127. The number of aryl methyl sites for hydroxylation is 3. The minimum Gasteiger partial charge on any atom is -0.294 e. The minimum atomic E-state index is -0.365. The van der Waals surface area contributed by atoms with Crippen molar-refractivity contribution in [1.82, 2.24) is 4.68 Å². The van der Waals surface area contributed by atoms with Gasteiger partial charge in [0.25, 0.3) is 5.69 Å². The average Bonchev–Trinajstić information content (AvgIpc) is 2.63. The van der Waals surface area contributed by atoms with Gasteiger partial charge in [-0.1, -0.05) is 6.07 Å². The van der Waals surface area contributed by atoms with Crippen LogP contribution in [0.4, 0.5) is 11.4 Å². The number of nitrogens with one attached hydrogen (secondary N) is 1. The summed E-state index contributed by atoms with van der Waals surface area (Å²) in [6.07, 6.45) is 0. The molecule has 5 heteroatoms. The number of aromatic nitrogens is 1. The first-order valence-electron chi connectivity index (χ1n) is 5.66. The van der Waals surface area contributed by atoms with E-state index in [9.17, 15) is 10.1 Å². The van der Waals surface area contributed by atoms with Crippen LogP contribution in [0.2, 0.25) is 0 Å². The first-order valence-corrected chi connectivity index (χ1v) is 5.66. The molecule has 2 aromatic rings. The molecule has 5 nitrogen and oxygen atoms in total. The first kappa shape index (κ1) is 12.2. The third-order valence-electron chi connectivity index (χ3n) is 2.92. The van der Waals surface area contributed by atoms with Crippen LogP contribution in [0.3, 0.4) is 0 Å². The quantitative estimate of drug-likeness (QED) is 0.667. The molecule has 0 aliphatic heterocycles. The first-order chi connectivity index (χ1) is 8.49. The fourth-order valence-electron chi connectivity index (χ4n) is 1.85. The average molecular weight is 245 g/mol. The lowest BCUT2D eigenvalue weighted by Gasteiger charge is -2.12. The molecule has 0 atom stereocenters. The molecule has 0 aliphatic carbocycles. The molecule has 1 N–H and O–H groups in total. The van der Waals surface area contributed by atoms with E-state index in [1.807, 2.05) is 36.7 Å². The van der Waals surface area contributed by atoms with E-state index in [2.05, 4.69) is 5.43 Å². The van der Waals surface area contributed by atoms with Crippen LogP contribution in [0, 0.1) is 30.9 Å². The highest BCUT2D eigenvalue weighted by molar-refractivity contribution is 5.55. The van der Waals surface area contributed by atoms with Crippen LogP contribution in [0.25, 0.3) is 0 Å². The lowest BCUT2D eigenvalue weighted by atomic mass is 10.2. The predicted molar refractivity (Wildman–Crippen MR) is 70.8 cm³/mol. The number of hydrogen-bond donors (Lipinski definition) is 1. The molecule has 0 bridgehead atoms. The van der Waals surface area contributed by atoms with Gasteiger partial charge in [-0.15, -0.1) is 0 Å². The van der Waals surface area contributed by atoms with Crippen molar-refractivity contribution < 1.29 is 4.92 Å². The summed E-state index contributed by atoms with van der Waals surface area (Å²) in [4.78, 5) is 10.5. The van der Waals surface area contributed by atoms with Gasteiger partial charge in [0, 0.05) is 23.0 Å². The maximum atomic E-state index is 10.9. The molecule has 0 amide bonds.